The van der Waals surface area contributed by atoms with E-state index in [1.54, 1.807) is 6.92 Å². The van der Waals surface area contributed by atoms with Crippen molar-refractivity contribution < 1.29 is 33.8 Å². The van der Waals surface area contributed by atoms with E-state index in [1.807, 2.05) is 0 Å². The van der Waals surface area contributed by atoms with Crippen LogP contribution in [0.4, 0.5) is 4.79 Å². The van der Waals surface area contributed by atoms with Crippen LogP contribution in [0.25, 0.3) is 0 Å². The van der Waals surface area contributed by atoms with Crippen LogP contribution in [0.3, 0.4) is 0 Å². The zero-order chi connectivity index (χ0) is 20.1. The number of carbonyl (C=O) groups is 5. The van der Waals surface area contributed by atoms with Gasteiger partial charge in [-0.15, -0.1) is 0 Å². The van der Waals surface area contributed by atoms with Crippen LogP contribution in [-0.4, -0.2) is 72.1 Å². The molecule has 11 nitrogen and oxygen atoms in total. The third kappa shape index (κ3) is 10.5. The lowest BCUT2D eigenvalue weighted by molar-refractivity contribution is -0.141. The van der Waals surface area contributed by atoms with Gasteiger partial charge < -0.3 is 31.5 Å². The van der Waals surface area contributed by atoms with Crippen molar-refractivity contribution in [3.8, 4) is 0 Å². The normalized spacial score (nSPS) is 12.4. The summed E-state index contributed by atoms with van der Waals surface area (Å²) in [7, 11) is 1.16. The molecule has 26 heavy (non-hydrogen) atoms. The summed E-state index contributed by atoms with van der Waals surface area (Å²) in [4.78, 5) is 57.3. The molecule has 0 rings (SSSR count). The summed E-state index contributed by atoms with van der Waals surface area (Å²) >= 11 is 0.788. The number of carbonyl (C=O) groups excluding carboxylic acids is 4. The summed E-state index contributed by atoms with van der Waals surface area (Å²) in [5.74, 6) is -3.26. The molecule has 2 atom stereocenters. The van der Waals surface area contributed by atoms with Crippen LogP contribution in [0.5, 0.6) is 0 Å². The Balaban J connectivity index is 4.71. The molecule has 0 bridgehead atoms. The maximum absolute atomic E-state index is 12.1. The predicted octanol–water partition coefficient (Wildman–Crippen LogP) is -1.58. The Morgan fingerprint density at radius 1 is 1.19 bits per heavy atom. The second-order valence-corrected chi connectivity index (χ2v) is 6.02. The van der Waals surface area contributed by atoms with Gasteiger partial charge in [-0.05, 0) is 13.3 Å². The molecule has 6 N–H and O–H groups in total. The number of nitrogens with one attached hydrogen (secondary N) is 3. The predicted molar refractivity (Wildman–Crippen MR) is 93.3 cm³/mol. The maximum atomic E-state index is 12.1. The highest BCUT2D eigenvalue weighted by molar-refractivity contribution is 8.13. The number of carboxylic acid groups (broad SMARTS) is 1. The van der Waals surface area contributed by atoms with Gasteiger partial charge >= 0.3 is 11.9 Å². The zero-order valence-corrected chi connectivity index (χ0v) is 15.4. The molecular weight excluding hydrogens is 368 g/mol. The second-order valence-electron chi connectivity index (χ2n) is 5.03. The maximum Gasteiger partial charge on any atom is 0.325 e. The van der Waals surface area contributed by atoms with Gasteiger partial charge in [0.05, 0.1) is 7.11 Å². The molecule has 3 amide bonds. The number of nitrogens with two attached hydrogens (primary N) is 1. The number of amides is 3. The average molecular weight is 392 g/mol. The first-order valence-corrected chi connectivity index (χ1v) is 8.72. The number of hydrogen-bond donors (Lipinski definition) is 5. The van der Waals surface area contributed by atoms with Gasteiger partial charge in [-0.2, -0.15) is 0 Å². The number of ether oxygens (including phenoxy) is 1. The van der Waals surface area contributed by atoms with E-state index in [9.17, 15) is 24.0 Å². The van der Waals surface area contributed by atoms with E-state index < -0.39 is 42.4 Å². The zero-order valence-electron chi connectivity index (χ0n) is 14.6. The van der Waals surface area contributed by atoms with Gasteiger partial charge in [0.25, 0.3) is 5.24 Å². The highest BCUT2D eigenvalue weighted by atomic mass is 32.2. The number of esters is 1. The molecule has 0 saturated heterocycles. The SMILES string of the molecule is CCNC(=O)SC[C@H](NC(=O)CC[C@H](N)C(=O)O)C(=O)NCC(=O)OC. The minimum absolute atomic E-state index is 0.0738. The quantitative estimate of drug-likeness (QED) is 0.259. The van der Waals surface area contributed by atoms with Crippen LogP contribution in [-0.2, 0) is 23.9 Å². The lowest BCUT2D eigenvalue weighted by atomic mass is 10.1. The molecule has 0 aliphatic rings. The molecule has 148 valence electrons. The first kappa shape index (κ1) is 23.7. The van der Waals surface area contributed by atoms with Crippen molar-refractivity contribution in [3.63, 3.8) is 0 Å². The Bertz CT molecular complexity index is 529. The van der Waals surface area contributed by atoms with E-state index in [4.69, 9.17) is 10.8 Å². The Morgan fingerprint density at radius 2 is 1.85 bits per heavy atom. The van der Waals surface area contributed by atoms with Gasteiger partial charge in [-0.1, -0.05) is 11.8 Å². The summed E-state index contributed by atoms with van der Waals surface area (Å²) in [5, 5.41) is 15.5. The molecule has 0 heterocycles. The van der Waals surface area contributed by atoms with Crippen LogP contribution in [0.2, 0.25) is 0 Å². The molecule has 12 heteroatoms. The Labute approximate surface area is 154 Å². The van der Waals surface area contributed by atoms with E-state index in [1.165, 1.54) is 0 Å². The Kier molecular flexibility index (Phi) is 11.8. The summed E-state index contributed by atoms with van der Waals surface area (Å²) < 4.78 is 4.40. The fourth-order valence-electron chi connectivity index (χ4n) is 1.57. The van der Waals surface area contributed by atoms with E-state index in [-0.39, 0.29) is 23.8 Å². The number of methoxy groups -OCH3 is 1. The van der Waals surface area contributed by atoms with Crippen LogP contribution >= 0.6 is 11.8 Å². The highest BCUT2D eigenvalue weighted by Crippen LogP contribution is 2.06. The topological polar surface area (TPSA) is 177 Å². The molecule has 0 aromatic carbocycles. The molecule has 0 aromatic heterocycles. The summed E-state index contributed by atoms with van der Waals surface area (Å²) in [6.07, 6.45) is -0.318. The number of aliphatic carboxylic acids is 1. The first-order chi connectivity index (χ1) is 12.2. The molecular formula is C14H24N4O7S. The number of hydrogen-bond acceptors (Lipinski definition) is 8. The van der Waals surface area contributed by atoms with Crippen LogP contribution in [0.15, 0.2) is 0 Å². The molecule has 0 spiro atoms. The third-order valence-electron chi connectivity index (χ3n) is 2.99. The highest BCUT2D eigenvalue weighted by Gasteiger charge is 2.23. The number of carboxylic acids is 1. The monoisotopic (exact) mass is 392 g/mol. The number of rotatable bonds is 11. The Hall–Kier alpha value is -2.34. The first-order valence-electron chi connectivity index (χ1n) is 7.74. The lowest BCUT2D eigenvalue weighted by Gasteiger charge is -2.18. The van der Waals surface area contributed by atoms with Crippen molar-refractivity contribution in [2.24, 2.45) is 5.73 Å². The summed E-state index contributed by atoms with van der Waals surface area (Å²) in [5.41, 5.74) is 5.32. The molecule has 0 aliphatic carbocycles. The third-order valence-corrected chi connectivity index (χ3v) is 3.89. The van der Waals surface area contributed by atoms with Crippen LogP contribution in [0.1, 0.15) is 19.8 Å². The van der Waals surface area contributed by atoms with E-state index in [0.717, 1.165) is 18.9 Å². The van der Waals surface area contributed by atoms with Gasteiger partial charge in [0.2, 0.25) is 11.8 Å². The second kappa shape index (κ2) is 12.9. The van der Waals surface area contributed by atoms with Gasteiger partial charge in [0, 0.05) is 18.7 Å². The van der Waals surface area contributed by atoms with Gasteiger partial charge in [0.1, 0.15) is 18.6 Å². The molecule has 0 fully saturated rings. The average Bonchev–Trinajstić information content (AvgIpc) is 2.60. The van der Waals surface area contributed by atoms with Crippen molar-refractivity contribution in [2.45, 2.75) is 31.8 Å². The molecule has 0 unspecified atom stereocenters. The molecule has 0 aromatic rings. The number of thioether (sulfide) groups is 1. The van der Waals surface area contributed by atoms with Crippen LogP contribution in [0, 0.1) is 0 Å². The minimum Gasteiger partial charge on any atom is -0.480 e. The van der Waals surface area contributed by atoms with Crippen molar-refractivity contribution in [1.82, 2.24) is 16.0 Å². The fourth-order valence-corrected chi connectivity index (χ4v) is 2.37. The van der Waals surface area contributed by atoms with Crippen molar-refractivity contribution in [3.05, 3.63) is 0 Å². The Morgan fingerprint density at radius 3 is 2.38 bits per heavy atom. The van der Waals surface area contributed by atoms with Crippen molar-refractivity contribution in [2.75, 3.05) is 26.0 Å². The molecule has 0 saturated carbocycles. The largest absolute Gasteiger partial charge is 0.480 e. The van der Waals surface area contributed by atoms with E-state index in [2.05, 4.69) is 20.7 Å². The summed E-state index contributed by atoms with van der Waals surface area (Å²) in [6, 6.07) is -2.29. The lowest BCUT2D eigenvalue weighted by Crippen LogP contribution is -2.50. The smallest absolute Gasteiger partial charge is 0.325 e. The fraction of sp³-hybridized carbons (Fsp3) is 0.643. The van der Waals surface area contributed by atoms with Crippen molar-refractivity contribution in [1.29, 1.82) is 0 Å². The molecule has 0 aliphatic heterocycles. The molecule has 0 radical (unpaired) electrons. The minimum atomic E-state index is -1.24. The van der Waals surface area contributed by atoms with Crippen LogP contribution < -0.4 is 21.7 Å². The van der Waals surface area contributed by atoms with E-state index in [0.29, 0.717) is 6.54 Å². The van der Waals surface area contributed by atoms with Gasteiger partial charge in [0.15, 0.2) is 0 Å². The standard InChI is InChI=1S/C14H24N4O7S/c1-3-16-14(24)26-7-9(12(21)17-6-11(20)25-2)18-10(19)5-4-8(15)13(22)23/h8-9H,3-7,15H2,1-2H3,(H,16,24)(H,17,21)(H,18,19)(H,22,23)/t8-,9-/m0/s1. The van der Waals surface area contributed by atoms with Crippen molar-refractivity contribution >= 4 is 40.8 Å². The summed E-state index contributed by atoms with van der Waals surface area (Å²) in [6.45, 7) is 1.74. The van der Waals surface area contributed by atoms with Gasteiger partial charge in [-0.25, -0.2) is 0 Å². The van der Waals surface area contributed by atoms with E-state index >= 15 is 0 Å². The van der Waals surface area contributed by atoms with Gasteiger partial charge in [-0.3, -0.25) is 24.0 Å².